The second-order valence-electron chi connectivity index (χ2n) is 4.62. The molecule has 1 aliphatic rings. The van der Waals surface area contributed by atoms with Crippen molar-refractivity contribution in [2.24, 2.45) is 0 Å². The largest absolute Gasteiger partial charge is 0.301 e. The molecule has 6 heteroatoms. The van der Waals surface area contributed by atoms with Gasteiger partial charge in [0.25, 0.3) is 0 Å². The van der Waals surface area contributed by atoms with E-state index in [1.807, 2.05) is 29.4 Å². The Labute approximate surface area is 126 Å². The van der Waals surface area contributed by atoms with Crippen LogP contribution in [-0.4, -0.2) is 40.5 Å². The second-order valence-corrected chi connectivity index (χ2v) is 7.73. The fourth-order valence-electron chi connectivity index (χ4n) is 2.40. The molecule has 0 N–H and O–H groups in total. The van der Waals surface area contributed by atoms with Crippen molar-refractivity contribution in [3.8, 4) is 0 Å². The summed E-state index contributed by atoms with van der Waals surface area (Å²) < 4.78 is 0. The minimum absolute atomic E-state index is 0.899. The van der Waals surface area contributed by atoms with Crippen LogP contribution in [0.4, 0.5) is 0 Å². The molecular weight excluding hydrogens is 294 g/mol. The zero-order chi connectivity index (χ0) is 13.4. The van der Waals surface area contributed by atoms with Gasteiger partial charge in [0.15, 0.2) is 5.16 Å². The number of nitrogens with zero attached hydrogens (tertiary/aromatic N) is 3. The second kappa shape index (κ2) is 5.60. The lowest BCUT2D eigenvalue weighted by molar-refractivity contribution is 0.318. The van der Waals surface area contributed by atoms with E-state index in [4.69, 9.17) is 9.97 Å². The third kappa shape index (κ3) is 2.51. The average molecular weight is 312 g/mol. The van der Waals surface area contributed by atoms with Gasteiger partial charge in [0.05, 0.1) is 0 Å². The summed E-state index contributed by atoms with van der Waals surface area (Å²) in [7, 11) is 2.19. The Morgan fingerprint density at radius 1 is 1.37 bits per heavy atom. The summed E-state index contributed by atoms with van der Waals surface area (Å²) in [6.07, 6.45) is 3.17. The number of thiophene rings is 1. The minimum Gasteiger partial charge on any atom is -0.301 e. The van der Waals surface area contributed by atoms with Crippen LogP contribution in [0.2, 0.25) is 0 Å². The van der Waals surface area contributed by atoms with Gasteiger partial charge in [-0.05, 0) is 31.0 Å². The number of thioether (sulfide) groups is 2. The van der Waals surface area contributed by atoms with Crippen LogP contribution in [-0.2, 0) is 13.0 Å². The highest BCUT2D eigenvalue weighted by molar-refractivity contribution is 7.99. The Morgan fingerprint density at radius 2 is 2.21 bits per heavy atom. The molecule has 3 nitrogen and oxygen atoms in total. The molecule has 0 atom stereocenters. The Balaban J connectivity index is 2.20. The van der Waals surface area contributed by atoms with E-state index < -0.39 is 0 Å². The molecule has 0 aromatic carbocycles. The molecule has 0 saturated carbocycles. The molecule has 2 aromatic heterocycles. The fourth-order valence-corrected chi connectivity index (χ4v) is 5.04. The summed E-state index contributed by atoms with van der Waals surface area (Å²) >= 11 is 5.33. The van der Waals surface area contributed by atoms with Crippen LogP contribution in [0.15, 0.2) is 10.2 Å². The van der Waals surface area contributed by atoms with Gasteiger partial charge in [-0.1, -0.05) is 18.7 Å². The first kappa shape index (κ1) is 13.7. The predicted molar refractivity (Wildman–Crippen MR) is 85.6 cm³/mol. The Hall–Kier alpha value is -0.300. The van der Waals surface area contributed by atoms with Crippen molar-refractivity contribution in [1.82, 2.24) is 14.9 Å². The molecule has 0 fully saturated rings. The van der Waals surface area contributed by atoms with Crippen molar-refractivity contribution in [1.29, 1.82) is 0 Å². The van der Waals surface area contributed by atoms with E-state index in [2.05, 4.69) is 18.9 Å². The molecule has 19 heavy (non-hydrogen) atoms. The van der Waals surface area contributed by atoms with Crippen molar-refractivity contribution in [2.75, 3.05) is 25.6 Å². The molecule has 0 spiro atoms. The van der Waals surface area contributed by atoms with Crippen molar-refractivity contribution in [2.45, 2.75) is 30.1 Å². The number of fused-ring (bicyclic) bond motifs is 3. The quantitative estimate of drug-likeness (QED) is 0.491. The van der Waals surface area contributed by atoms with E-state index in [1.54, 1.807) is 11.8 Å². The highest BCUT2D eigenvalue weighted by Crippen LogP contribution is 2.39. The van der Waals surface area contributed by atoms with Crippen LogP contribution in [0.25, 0.3) is 10.2 Å². The first-order valence-corrected chi connectivity index (χ1v) is 9.43. The molecule has 3 rings (SSSR count). The van der Waals surface area contributed by atoms with E-state index in [0.29, 0.717) is 0 Å². The standard InChI is InChI=1S/C13H17N3S3/c1-4-18-11-10-8-5-6-16(2)7-9(8)19-12(10)15-13(14-11)17-3/h4-7H2,1-3H3. The molecular formula is C13H17N3S3. The zero-order valence-corrected chi connectivity index (χ0v) is 13.8. The molecule has 0 saturated heterocycles. The van der Waals surface area contributed by atoms with Gasteiger partial charge in [0, 0.05) is 23.4 Å². The minimum atomic E-state index is 0.899. The van der Waals surface area contributed by atoms with Crippen LogP contribution >= 0.6 is 34.9 Å². The smallest absolute Gasteiger partial charge is 0.189 e. The van der Waals surface area contributed by atoms with E-state index in [0.717, 1.165) is 30.4 Å². The summed E-state index contributed by atoms with van der Waals surface area (Å²) in [6.45, 7) is 4.38. The maximum atomic E-state index is 4.72. The van der Waals surface area contributed by atoms with Crippen LogP contribution in [0.3, 0.4) is 0 Å². The molecule has 3 heterocycles. The number of hydrogen-bond acceptors (Lipinski definition) is 6. The Kier molecular flexibility index (Phi) is 4.03. The van der Waals surface area contributed by atoms with Gasteiger partial charge in [-0.2, -0.15) is 0 Å². The van der Waals surface area contributed by atoms with Gasteiger partial charge in [-0.15, -0.1) is 23.1 Å². The first-order chi connectivity index (χ1) is 9.22. The van der Waals surface area contributed by atoms with Gasteiger partial charge in [0.1, 0.15) is 9.86 Å². The van der Waals surface area contributed by atoms with Gasteiger partial charge in [-0.3, -0.25) is 0 Å². The van der Waals surface area contributed by atoms with Crippen molar-refractivity contribution >= 4 is 45.1 Å². The van der Waals surface area contributed by atoms with Crippen molar-refractivity contribution in [3.63, 3.8) is 0 Å². The van der Waals surface area contributed by atoms with Gasteiger partial charge < -0.3 is 4.90 Å². The molecule has 1 aliphatic heterocycles. The van der Waals surface area contributed by atoms with Crippen LogP contribution in [0.5, 0.6) is 0 Å². The van der Waals surface area contributed by atoms with E-state index >= 15 is 0 Å². The highest BCUT2D eigenvalue weighted by Gasteiger charge is 2.22. The molecule has 0 unspecified atom stereocenters. The lowest BCUT2D eigenvalue weighted by Crippen LogP contribution is -2.25. The SMILES string of the molecule is CCSc1nc(SC)nc2sc3c(c12)CCN(C)C3. The summed E-state index contributed by atoms with van der Waals surface area (Å²) in [4.78, 5) is 14.5. The van der Waals surface area contributed by atoms with Gasteiger partial charge >= 0.3 is 0 Å². The number of rotatable bonds is 3. The summed E-state index contributed by atoms with van der Waals surface area (Å²) in [5.74, 6) is 1.06. The average Bonchev–Trinajstić information content (AvgIpc) is 2.76. The van der Waals surface area contributed by atoms with Crippen LogP contribution in [0, 0.1) is 0 Å². The van der Waals surface area contributed by atoms with E-state index in [-0.39, 0.29) is 0 Å². The number of hydrogen-bond donors (Lipinski definition) is 0. The van der Waals surface area contributed by atoms with Gasteiger partial charge in [-0.25, -0.2) is 9.97 Å². The normalized spacial score (nSPS) is 15.9. The fraction of sp³-hybridized carbons (Fsp3) is 0.538. The highest BCUT2D eigenvalue weighted by atomic mass is 32.2. The van der Waals surface area contributed by atoms with Crippen molar-refractivity contribution < 1.29 is 0 Å². The summed E-state index contributed by atoms with van der Waals surface area (Å²) in [5, 5.41) is 3.41. The van der Waals surface area contributed by atoms with E-state index in [1.165, 1.54) is 25.7 Å². The van der Waals surface area contributed by atoms with Gasteiger partial charge in [0.2, 0.25) is 0 Å². The monoisotopic (exact) mass is 311 g/mol. The predicted octanol–water partition coefficient (Wildman–Crippen LogP) is 3.51. The number of aromatic nitrogens is 2. The Bertz CT molecular complexity index is 609. The molecule has 102 valence electrons. The topological polar surface area (TPSA) is 29.0 Å². The molecule has 0 amide bonds. The van der Waals surface area contributed by atoms with Crippen molar-refractivity contribution in [3.05, 3.63) is 10.4 Å². The molecule has 0 aliphatic carbocycles. The lowest BCUT2D eigenvalue weighted by atomic mass is 10.1. The zero-order valence-electron chi connectivity index (χ0n) is 11.4. The first-order valence-electron chi connectivity index (χ1n) is 6.40. The Morgan fingerprint density at radius 3 is 2.95 bits per heavy atom. The molecule has 0 bridgehead atoms. The summed E-state index contributed by atoms with van der Waals surface area (Å²) in [6, 6.07) is 0. The molecule has 0 radical (unpaired) electrons. The maximum absolute atomic E-state index is 4.72. The molecule has 2 aromatic rings. The number of likely N-dealkylation sites (N-methyl/N-ethyl adjacent to an activating group) is 1. The van der Waals surface area contributed by atoms with Crippen LogP contribution < -0.4 is 0 Å². The third-order valence-electron chi connectivity index (χ3n) is 3.30. The van der Waals surface area contributed by atoms with E-state index in [9.17, 15) is 0 Å². The maximum Gasteiger partial charge on any atom is 0.189 e. The summed E-state index contributed by atoms with van der Waals surface area (Å²) in [5.41, 5.74) is 1.50. The lowest BCUT2D eigenvalue weighted by Gasteiger charge is -2.22. The van der Waals surface area contributed by atoms with Crippen LogP contribution in [0.1, 0.15) is 17.4 Å². The third-order valence-corrected chi connectivity index (χ3v) is 5.82.